The molecule has 0 saturated carbocycles. The number of amides is 2. The minimum absolute atomic E-state index is 0.0164. The van der Waals surface area contributed by atoms with Crippen LogP contribution >= 0.6 is 23.5 Å². The molecule has 7 rings (SSSR count). The number of carbonyl (C=O) groups is 2. The average molecular weight is 1390 g/mol. The lowest BCUT2D eigenvalue weighted by Crippen LogP contribution is -2.08. The Labute approximate surface area is 528 Å². The van der Waals surface area contributed by atoms with Crippen molar-refractivity contribution in [3.8, 4) is 17.7 Å². The van der Waals surface area contributed by atoms with Crippen LogP contribution in [-0.2, 0) is 60.2 Å². The molecule has 5 aromatic carbocycles. The number of hydrogen-bond acceptors (Lipinski definition) is 26. The minimum Gasteiger partial charge on any atom is -0.493 e. The van der Waals surface area contributed by atoms with Crippen LogP contribution in [0.4, 0.5) is 56.9 Å². The number of nitriles is 1. The van der Waals surface area contributed by atoms with Crippen molar-refractivity contribution in [2.24, 2.45) is 40.9 Å². The second-order valence-corrected chi connectivity index (χ2v) is 29.3. The van der Waals surface area contributed by atoms with Gasteiger partial charge in [0.1, 0.15) is 45.8 Å². The van der Waals surface area contributed by atoms with Crippen molar-refractivity contribution in [3.05, 3.63) is 95.1 Å². The molecule has 482 valence electrons. The number of thioether (sulfide) groups is 2. The van der Waals surface area contributed by atoms with E-state index < -0.39 is 95.3 Å². The van der Waals surface area contributed by atoms with Crippen LogP contribution in [0.5, 0.6) is 11.6 Å². The lowest BCUT2D eigenvalue weighted by molar-refractivity contribution is -0.115. The van der Waals surface area contributed by atoms with Crippen LogP contribution < -0.4 is 15.4 Å². The van der Waals surface area contributed by atoms with E-state index in [4.69, 9.17) is 4.74 Å². The van der Waals surface area contributed by atoms with Gasteiger partial charge in [-0.3, -0.25) is 36.8 Å². The van der Waals surface area contributed by atoms with Crippen molar-refractivity contribution >= 4 is 159 Å². The van der Waals surface area contributed by atoms with Crippen molar-refractivity contribution in [3.63, 3.8) is 0 Å². The van der Waals surface area contributed by atoms with E-state index in [1.807, 2.05) is 6.07 Å². The third-order valence-electron chi connectivity index (χ3n) is 12.5. The summed E-state index contributed by atoms with van der Waals surface area (Å²) >= 11 is 2.06. The zero-order valence-corrected chi connectivity index (χ0v) is 53.8. The number of nitrogens with one attached hydrogen (secondary N) is 2. The first-order valence-electron chi connectivity index (χ1n) is 26.1. The van der Waals surface area contributed by atoms with Crippen LogP contribution in [0.25, 0.3) is 16.7 Å². The maximum atomic E-state index is 12.8. The van der Waals surface area contributed by atoms with E-state index in [1.165, 1.54) is 82.3 Å². The lowest BCUT2D eigenvalue weighted by atomic mass is 10.1. The van der Waals surface area contributed by atoms with E-state index in [1.54, 1.807) is 6.92 Å². The first-order valence-corrected chi connectivity index (χ1v) is 35.8. The highest BCUT2D eigenvalue weighted by atomic mass is 32.2. The number of carbonyl (C=O) groups excluding carboxylic acids is 2. The normalized spacial score (nSPS) is 12.7. The Balaban J connectivity index is 1.34. The SMILES string of the molecule is CC(=O)Nc1cc(N=Nc2cc(SCCCS(=O)(=O)O)c(N=Nc3cc(OCCCS(=O)(=O)O)c(N=Nc4c(C)c(C#N)c5nc6ccc(S(=O)(=O)O)c(C)c6n5c4O)cc3C)cc2NC(C)=O)c(SCCCS(=O)(=O)O)cc1N=Nc1ccc(S(=O)(=O)O)cc1. The molecule has 39 heteroatoms. The largest absolute Gasteiger partial charge is 0.493 e. The molecule has 8 N–H and O–H groups in total. The molecule has 32 nitrogen and oxygen atoms in total. The molecule has 0 spiro atoms. The van der Waals surface area contributed by atoms with E-state index in [-0.39, 0.29) is 143 Å². The summed E-state index contributed by atoms with van der Waals surface area (Å²) in [7, 11) is -22.5. The molecule has 0 atom stereocenters. The van der Waals surface area contributed by atoms with Crippen molar-refractivity contribution in [2.75, 3.05) is 46.0 Å². The van der Waals surface area contributed by atoms with Gasteiger partial charge in [-0.25, -0.2) is 4.98 Å². The summed E-state index contributed by atoms with van der Waals surface area (Å²) in [5.41, 5.74) is 0.289. The van der Waals surface area contributed by atoms with Crippen molar-refractivity contribution in [1.82, 2.24) is 9.38 Å². The smallest absolute Gasteiger partial charge is 0.294 e. The molecule has 0 bridgehead atoms. The van der Waals surface area contributed by atoms with Crippen LogP contribution in [0.15, 0.2) is 133 Å². The molecule has 2 amide bonds. The van der Waals surface area contributed by atoms with Gasteiger partial charge >= 0.3 is 0 Å². The second-order valence-electron chi connectivity index (χ2n) is 19.5. The van der Waals surface area contributed by atoms with Gasteiger partial charge in [-0.05, 0) is 129 Å². The Morgan fingerprint density at radius 3 is 1.58 bits per heavy atom. The number of fused-ring (bicyclic) bond motifs is 3. The first-order chi connectivity index (χ1) is 42.5. The van der Waals surface area contributed by atoms with Gasteiger partial charge < -0.3 is 20.5 Å². The van der Waals surface area contributed by atoms with Crippen LogP contribution in [-0.4, -0.2) is 127 Å². The molecule has 0 aliphatic carbocycles. The van der Waals surface area contributed by atoms with Crippen molar-refractivity contribution in [2.45, 2.75) is 73.5 Å². The second kappa shape index (κ2) is 28.9. The van der Waals surface area contributed by atoms with E-state index in [9.17, 15) is 84.8 Å². The number of rotatable bonds is 27. The van der Waals surface area contributed by atoms with Gasteiger partial charge in [0.25, 0.3) is 50.6 Å². The number of benzene rings is 5. The van der Waals surface area contributed by atoms with Gasteiger partial charge in [0, 0.05) is 35.3 Å². The molecule has 0 radical (unpaired) electrons. The molecule has 0 fully saturated rings. The lowest BCUT2D eigenvalue weighted by Gasteiger charge is -2.13. The predicted molar refractivity (Wildman–Crippen MR) is 334 cm³/mol. The number of azo groups is 4. The number of aryl methyl sites for hydroxylation is 2. The molecule has 0 saturated heterocycles. The number of ether oxygens (including phenoxy) is 1. The summed E-state index contributed by atoms with van der Waals surface area (Å²) in [4.78, 5) is 29.4. The van der Waals surface area contributed by atoms with Gasteiger partial charge in [-0.1, -0.05) is 0 Å². The summed E-state index contributed by atoms with van der Waals surface area (Å²) in [6.45, 7) is 6.41. The van der Waals surface area contributed by atoms with E-state index in [0.717, 1.165) is 46.1 Å². The maximum Gasteiger partial charge on any atom is 0.294 e. The maximum absolute atomic E-state index is 12.8. The van der Waals surface area contributed by atoms with E-state index >= 15 is 0 Å². The zero-order chi connectivity index (χ0) is 67.0. The number of hydrogen-bond donors (Lipinski definition) is 8. The Morgan fingerprint density at radius 1 is 0.593 bits per heavy atom. The molecule has 0 aliphatic heterocycles. The fraction of sp³-hybridized carbons (Fsp3) is 0.269. The third kappa shape index (κ3) is 19.1. The molecule has 91 heavy (non-hydrogen) atoms. The van der Waals surface area contributed by atoms with Gasteiger partial charge in [0.15, 0.2) is 11.3 Å². The Kier molecular flexibility index (Phi) is 22.3. The number of aromatic nitrogens is 2. The molecule has 2 heterocycles. The summed E-state index contributed by atoms with van der Waals surface area (Å²) in [5.74, 6) is -3.79. The molecular weight excluding hydrogens is 1340 g/mol. The van der Waals surface area contributed by atoms with Crippen LogP contribution in [0.3, 0.4) is 0 Å². The molecular formula is C52H53N13O19S7. The molecule has 2 aromatic heterocycles. The molecule has 7 aromatic rings. The quantitative estimate of drug-likeness (QED) is 0.0103. The third-order valence-corrected chi connectivity index (χ3v) is 19.0. The highest BCUT2D eigenvalue weighted by molar-refractivity contribution is 7.99. The van der Waals surface area contributed by atoms with E-state index in [0.29, 0.717) is 5.56 Å². The molecule has 0 aliphatic rings. The summed E-state index contributed by atoms with van der Waals surface area (Å²) in [6, 6.07) is 17.3. The highest BCUT2D eigenvalue weighted by Crippen LogP contribution is 2.46. The highest BCUT2D eigenvalue weighted by Gasteiger charge is 2.26. The van der Waals surface area contributed by atoms with Gasteiger partial charge in [0.2, 0.25) is 17.7 Å². The summed E-state index contributed by atoms with van der Waals surface area (Å²) < 4.78 is 172. The van der Waals surface area contributed by atoms with Gasteiger partial charge in [0.05, 0.1) is 67.4 Å². The van der Waals surface area contributed by atoms with Crippen molar-refractivity contribution in [1.29, 1.82) is 5.26 Å². The Hall–Kier alpha value is -8.27. The number of anilines is 2. The number of nitrogens with zero attached hydrogens (tertiary/aromatic N) is 11. The van der Waals surface area contributed by atoms with Crippen LogP contribution in [0.2, 0.25) is 0 Å². The van der Waals surface area contributed by atoms with Crippen LogP contribution in [0, 0.1) is 32.1 Å². The Morgan fingerprint density at radius 2 is 1.09 bits per heavy atom. The Bertz CT molecular complexity index is 4830. The molecule has 0 unspecified atom stereocenters. The predicted octanol–water partition coefficient (Wildman–Crippen LogP) is 11.5. The van der Waals surface area contributed by atoms with Crippen molar-refractivity contribution < 1.29 is 84.3 Å². The average Bonchev–Trinajstić information content (AvgIpc) is 1.61. The van der Waals surface area contributed by atoms with Gasteiger partial charge in [-0.15, -0.1) is 54.2 Å². The van der Waals surface area contributed by atoms with E-state index in [2.05, 4.69) is 56.5 Å². The summed E-state index contributed by atoms with van der Waals surface area (Å²) in [6.07, 6.45) is -0.378. The monoisotopic (exact) mass is 1390 g/mol. The number of imidazole rings is 1. The topological polar surface area (TPSA) is 499 Å². The first kappa shape index (κ1) is 70.2. The fourth-order valence-electron chi connectivity index (χ4n) is 8.37. The standard InChI is InChI=1S/C52H53N13O19S7/c1-28-21-42(61-64-49-29(2)35(27-53)51-56-36-13-14-48(91(81,82)83)30(3)50(36)65(51)52(49)68)45(84-15-6-18-87(69,70)71)24-37(28)58-62-43-23-39(55-32(5)67)41(26-47(43)86-17-8-20-89(75,76)77)60-63-44-22-38(54-31(4)66)40(25-46(44)85-16-7-19-88(72,73)74)59-57-33-9-11-34(12-10-33)90(78,79)80/h9-14,21-26,68H,6-8,15-20H2,1-5H3,(H,54,66)(H,55,67)(H,69,70,71)(H,72,73,74)(H,75,76,77)(H,78,79,80)(H,81,82,83). The summed E-state index contributed by atoms with van der Waals surface area (Å²) in [5, 5.41) is 62.2. The number of pyridine rings is 1. The number of aromatic hydroxyl groups is 1. The minimum atomic E-state index is -4.77. The fourth-order valence-corrected chi connectivity index (χ4v) is 13.3. The van der Waals surface area contributed by atoms with Gasteiger partial charge in [-0.2, -0.15) is 57.6 Å². The van der Waals surface area contributed by atoms with Crippen LogP contribution in [0.1, 0.15) is 55.4 Å². The zero-order valence-electron chi connectivity index (χ0n) is 48.1.